The number of piperidine rings is 1. The van der Waals surface area contributed by atoms with E-state index in [1.54, 1.807) is 0 Å². The van der Waals surface area contributed by atoms with Crippen LogP contribution in [0.2, 0.25) is 0 Å². The second kappa shape index (κ2) is 6.87. The van der Waals surface area contributed by atoms with Crippen molar-refractivity contribution < 1.29 is 0 Å². The molecule has 3 unspecified atom stereocenters. The first-order valence-corrected chi connectivity index (χ1v) is 8.16. The number of halogens is 1. The molecule has 2 rings (SSSR count). The highest BCUT2D eigenvalue weighted by Crippen LogP contribution is 2.32. The first-order valence-electron chi connectivity index (χ1n) is 7.37. The third kappa shape index (κ3) is 3.59. The molecule has 0 radical (unpaired) electrons. The maximum absolute atomic E-state index is 6.01. The van der Waals surface area contributed by atoms with Crippen molar-refractivity contribution in [2.45, 2.75) is 45.2 Å². The van der Waals surface area contributed by atoms with Gasteiger partial charge in [-0.2, -0.15) is 0 Å². The zero-order valence-electron chi connectivity index (χ0n) is 12.0. The van der Waals surface area contributed by atoms with Crippen molar-refractivity contribution in [3.63, 3.8) is 0 Å². The molecule has 1 aromatic carbocycles. The van der Waals surface area contributed by atoms with Gasteiger partial charge in [-0.05, 0) is 49.9 Å². The van der Waals surface area contributed by atoms with Crippen LogP contribution >= 0.6 is 15.9 Å². The molecule has 19 heavy (non-hydrogen) atoms. The number of benzene rings is 1. The normalized spacial score (nSPS) is 26.3. The molecule has 1 fully saturated rings. The molecule has 2 N–H and O–H groups in total. The van der Waals surface area contributed by atoms with Gasteiger partial charge in [0.2, 0.25) is 0 Å². The third-order valence-electron chi connectivity index (χ3n) is 4.55. The highest BCUT2D eigenvalue weighted by Gasteiger charge is 2.30. The Hall–Kier alpha value is -0.380. The SMILES string of the molecule is CCC1CCN(C(C)c2cccc(Br)c2)C(CN)C1. The van der Waals surface area contributed by atoms with Crippen molar-refractivity contribution in [1.29, 1.82) is 0 Å². The van der Waals surface area contributed by atoms with Crippen LogP contribution in [0.1, 0.15) is 44.7 Å². The second-order valence-corrected chi connectivity index (χ2v) is 6.57. The van der Waals surface area contributed by atoms with Gasteiger partial charge in [-0.25, -0.2) is 0 Å². The van der Waals surface area contributed by atoms with Crippen LogP contribution in [0.4, 0.5) is 0 Å². The Morgan fingerprint density at radius 3 is 2.89 bits per heavy atom. The molecule has 0 aromatic heterocycles. The first-order chi connectivity index (χ1) is 9.15. The summed E-state index contributed by atoms with van der Waals surface area (Å²) < 4.78 is 1.16. The van der Waals surface area contributed by atoms with Gasteiger partial charge in [0, 0.05) is 23.1 Å². The molecule has 0 bridgehead atoms. The molecule has 0 amide bonds. The molecule has 0 saturated carbocycles. The van der Waals surface area contributed by atoms with Gasteiger partial charge in [0.05, 0.1) is 0 Å². The molecule has 2 nitrogen and oxygen atoms in total. The fourth-order valence-corrected chi connectivity index (χ4v) is 3.64. The highest BCUT2D eigenvalue weighted by molar-refractivity contribution is 9.10. The lowest BCUT2D eigenvalue weighted by molar-refractivity contribution is 0.0772. The molecule has 1 saturated heterocycles. The van der Waals surface area contributed by atoms with E-state index >= 15 is 0 Å². The Balaban J connectivity index is 2.11. The topological polar surface area (TPSA) is 29.3 Å². The summed E-state index contributed by atoms with van der Waals surface area (Å²) in [5, 5.41) is 0. The van der Waals surface area contributed by atoms with Crippen LogP contribution in [0, 0.1) is 5.92 Å². The van der Waals surface area contributed by atoms with Crippen molar-refractivity contribution in [2.75, 3.05) is 13.1 Å². The van der Waals surface area contributed by atoms with E-state index in [0.717, 1.165) is 16.9 Å². The van der Waals surface area contributed by atoms with Gasteiger partial charge in [0.25, 0.3) is 0 Å². The Kier molecular flexibility index (Phi) is 5.43. The molecular weight excluding hydrogens is 300 g/mol. The average molecular weight is 325 g/mol. The predicted molar refractivity (Wildman–Crippen MR) is 85.1 cm³/mol. The lowest BCUT2D eigenvalue weighted by atomic mass is 9.87. The number of hydrogen-bond donors (Lipinski definition) is 1. The summed E-state index contributed by atoms with van der Waals surface area (Å²) in [5.74, 6) is 0.861. The molecule has 1 aliphatic heterocycles. The standard InChI is InChI=1S/C16H25BrN2/c1-3-13-7-8-19(16(9-13)11-18)12(2)14-5-4-6-15(17)10-14/h4-6,10,12-13,16H,3,7-9,11,18H2,1-2H3. The van der Waals surface area contributed by atoms with E-state index in [0.29, 0.717) is 12.1 Å². The van der Waals surface area contributed by atoms with Gasteiger partial charge >= 0.3 is 0 Å². The lowest BCUT2D eigenvalue weighted by Gasteiger charge is -2.42. The van der Waals surface area contributed by atoms with Crippen molar-refractivity contribution >= 4 is 15.9 Å². The van der Waals surface area contributed by atoms with Gasteiger partial charge in [-0.1, -0.05) is 41.4 Å². The summed E-state index contributed by atoms with van der Waals surface area (Å²) in [6.45, 7) is 6.55. The van der Waals surface area contributed by atoms with Crippen LogP contribution < -0.4 is 5.73 Å². The van der Waals surface area contributed by atoms with E-state index in [1.807, 2.05) is 0 Å². The van der Waals surface area contributed by atoms with Crippen molar-refractivity contribution in [2.24, 2.45) is 11.7 Å². The summed E-state index contributed by atoms with van der Waals surface area (Å²) in [5.41, 5.74) is 7.38. The molecule has 3 atom stereocenters. The van der Waals surface area contributed by atoms with Gasteiger partial charge in [-0.15, -0.1) is 0 Å². The minimum atomic E-state index is 0.448. The molecule has 106 valence electrons. The second-order valence-electron chi connectivity index (χ2n) is 5.66. The molecule has 0 spiro atoms. The molecule has 3 heteroatoms. The van der Waals surface area contributed by atoms with E-state index in [-0.39, 0.29) is 0 Å². The summed E-state index contributed by atoms with van der Waals surface area (Å²) in [6.07, 6.45) is 3.85. The van der Waals surface area contributed by atoms with Crippen LogP contribution in [0.3, 0.4) is 0 Å². The monoisotopic (exact) mass is 324 g/mol. The van der Waals surface area contributed by atoms with Crippen LogP contribution in [-0.4, -0.2) is 24.0 Å². The zero-order valence-corrected chi connectivity index (χ0v) is 13.6. The number of hydrogen-bond acceptors (Lipinski definition) is 2. The highest BCUT2D eigenvalue weighted by atomic mass is 79.9. The van der Waals surface area contributed by atoms with E-state index in [1.165, 1.54) is 31.4 Å². The molecule has 0 aliphatic carbocycles. The van der Waals surface area contributed by atoms with E-state index in [9.17, 15) is 0 Å². The minimum absolute atomic E-state index is 0.448. The van der Waals surface area contributed by atoms with E-state index < -0.39 is 0 Å². The summed E-state index contributed by atoms with van der Waals surface area (Å²) in [6, 6.07) is 9.63. The number of nitrogens with two attached hydrogens (primary N) is 1. The van der Waals surface area contributed by atoms with Gasteiger partial charge < -0.3 is 5.73 Å². The van der Waals surface area contributed by atoms with Gasteiger partial charge in [-0.3, -0.25) is 4.90 Å². The van der Waals surface area contributed by atoms with Gasteiger partial charge in [0.1, 0.15) is 0 Å². The predicted octanol–water partition coefficient (Wildman–Crippen LogP) is 3.96. The number of nitrogens with zero attached hydrogens (tertiary/aromatic N) is 1. The quantitative estimate of drug-likeness (QED) is 0.908. The minimum Gasteiger partial charge on any atom is -0.329 e. The summed E-state index contributed by atoms with van der Waals surface area (Å²) in [7, 11) is 0. The Bertz CT molecular complexity index is 407. The fraction of sp³-hybridized carbons (Fsp3) is 0.625. The average Bonchev–Trinajstić information content (AvgIpc) is 2.45. The van der Waals surface area contributed by atoms with Crippen molar-refractivity contribution in [3.8, 4) is 0 Å². The first kappa shape index (κ1) is 15.0. The Morgan fingerprint density at radius 1 is 1.47 bits per heavy atom. The number of likely N-dealkylation sites (tertiary alicyclic amines) is 1. The van der Waals surface area contributed by atoms with Crippen molar-refractivity contribution in [1.82, 2.24) is 4.90 Å². The largest absolute Gasteiger partial charge is 0.329 e. The lowest BCUT2D eigenvalue weighted by Crippen LogP contribution is -2.47. The van der Waals surface area contributed by atoms with Crippen molar-refractivity contribution in [3.05, 3.63) is 34.3 Å². The summed E-state index contributed by atoms with van der Waals surface area (Å²) >= 11 is 3.56. The fourth-order valence-electron chi connectivity index (χ4n) is 3.22. The third-order valence-corrected chi connectivity index (χ3v) is 5.04. The Labute approximate surface area is 125 Å². The molecule has 1 aromatic rings. The summed E-state index contributed by atoms with van der Waals surface area (Å²) in [4.78, 5) is 2.59. The van der Waals surface area contributed by atoms with Crippen LogP contribution in [0.25, 0.3) is 0 Å². The smallest absolute Gasteiger partial charge is 0.0323 e. The maximum atomic E-state index is 6.01. The Morgan fingerprint density at radius 2 is 2.26 bits per heavy atom. The molecule has 1 aliphatic rings. The van der Waals surface area contributed by atoms with E-state index in [2.05, 4.69) is 58.9 Å². The number of rotatable bonds is 4. The van der Waals surface area contributed by atoms with Crippen LogP contribution in [-0.2, 0) is 0 Å². The van der Waals surface area contributed by atoms with E-state index in [4.69, 9.17) is 5.73 Å². The maximum Gasteiger partial charge on any atom is 0.0323 e. The van der Waals surface area contributed by atoms with Gasteiger partial charge in [0.15, 0.2) is 0 Å². The zero-order chi connectivity index (χ0) is 13.8. The van der Waals surface area contributed by atoms with Crippen LogP contribution in [0.15, 0.2) is 28.7 Å². The molecule has 1 heterocycles. The van der Waals surface area contributed by atoms with Crippen LogP contribution in [0.5, 0.6) is 0 Å². The molecular formula is C16H25BrN2.